The van der Waals surface area contributed by atoms with Gasteiger partial charge in [0.05, 0.1) is 23.6 Å². The zero-order valence-electron chi connectivity index (χ0n) is 16.6. The van der Waals surface area contributed by atoms with Crippen LogP contribution in [0.5, 0.6) is 0 Å². The Bertz CT molecular complexity index is 1240. The Labute approximate surface area is 168 Å². The van der Waals surface area contributed by atoms with Crippen LogP contribution in [0.25, 0.3) is 33.1 Å². The minimum absolute atomic E-state index is 0.468. The lowest BCUT2D eigenvalue weighted by atomic mass is 10.1. The summed E-state index contributed by atoms with van der Waals surface area (Å²) >= 11 is 0. The average Bonchev–Trinajstić information content (AvgIpc) is 3.36. The Balaban J connectivity index is 1.71. The maximum absolute atomic E-state index is 9.77. The third kappa shape index (κ3) is 2.91. The van der Waals surface area contributed by atoms with Crippen molar-refractivity contribution in [1.82, 2.24) is 29.6 Å². The van der Waals surface area contributed by atoms with Crippen molar-refractivity contribution in [2.75, 3.05) is 37.6 Å². The molecule has 29 heavy (non-hydrogen) atoms. The molecular weight excluding hydrogens is 364 g/mol. The van der Waals surface area contributed by atoms with E-state index in [1.807, 2.05) is 25.6 Å². The van der Waals surface area contributed by atoms with Crippen molar-refractivity contribution < 1.29 is 0 Å². The van der Waals surface area contributed by atoms with Crippen LogP contribution >= 0.6 is 0 Å². The highest BCUT2D eigenvalue weighted by molar-refractivity contribution is 6.13. The van der Waals surface area contributed by atoms with E-state index in [1.165, 1.54) is 0 Å². The fourth-order valence-electron chi connectivity index (χ4n) is 4.16. The summed E-state index contributed by atoms with van der Waals surface area (Å²) in [5, 5.41) is 16.1. The lowest BCUT2D eigenvalue weighted by Crippen LogP contribution is -2.46. The molecule has 8 heteroatoms. The predicted molar refractivity (Wildman–Crippen MR) is 113 cm³/mol. The second kappa shape index (κ2) is 6.87. The van der Waals surface area contributed by atoms with Gasteiger partial charge in [0.1, 0.15) is 11.7 Å². The molecule has 0 aliphatic carbocycles. The molecule has 1 saturated heterocycles. The second-order valence-corrected chi connectivity index (χ2v) is 7.43. The molecule has 1 aliphatic heterocycles. The molecule has 4 aromatic rings. The van der Waals surface area contributed by atoms with Crippen LogP contribution in [0.15, 0.2) is 30.9 Å². The second-order valence-electron chi connectivity index (χ2n) is 7.43. The van der Waals surface area contributed by atoms with Crippen molar-refractivity contribution in [3.63, 3.8) is 0 Å². The summed E-state index contributed by atoms with van der Waals surface area (Å²) in [6, 6.07) is 4.43. The molecule has 0 atom stereocenters. The van der Waals surface area contributed by atoms with Crippen LogP contribution in [0, 0.1) is 11.3 Å². The highest BCUT2D eigenvalue weighted by atomic mass is 15.3. The van der Waals surface area contributed by atoms with Gasteiger partial charge in [0, 0.05) is 67.5 Å². The number of nitrogens with zero attached hydrogens (tertiary/aromatic N) is 7. The summed E-state index contributed by atoms with van der Waals surface area (Å²) in [7, 11) is 1.90. The number of aromatic amines is 1. The van der Waals surface area contributed by atoms with E-state index >= 15 is 0 Å². The number of fused-ring (bicyclic) bond motifs is 3. The van der Waals surface area contributed by atoms with Crippen molar-refractivity contribution in [2.24, 2.45) is 7.05 Å². The fraction of sp³-hybridized carbons (Fsp3) is 0.333. The number of hydrogen-bond donors (Lipinski definition) is 1. The smallest absolute Gasteiger partial charge is 0.164 e. The molecule has 0 unspecified atom stereocenters. The third-order valence-corrected chi connectivity index (χ3v) is 5.74. The average molecular weight is 386 g/mol. The first-order valence-corrected chi connectivity index (χ1v) is 9.84. The number of aromatic nitrogens is 5. The standard InChI is InChI=1S/C21H22N8/c1-3-28-4-6-29(7-5-28)20-17(9-22)23-12-18-19(20)16-8-14(10-24-21(16)26-18)15-11-25-27(2)13-15/h8,10-13H,3-7H2,1-2H3,(H,24,26). The minimum atomic E-state index is 0.468. The van der Waals surface area contributed by atoms with E-state index in [1.54, 1.807) is 10.9 Å². The van der Waals surface area contributed by atoms with Crippen LogP contribution in [-0.4, -0.2) is 62.4 Å². The number of H-pyrrole nitrogens is 1. The SMILES string of the molecule is CCN1CCN(c2c(C#N)ncc3[nH]c4ncc(-c5cnn(C)c5)cc4c23)CC1. The summed E-state index contributed by atoms with van der Waals surface area (Å²) in [4.78, 5) is 17.2. The Morgan fingerprint density at radius 1 is 1.10 bits per heavy atom. The van der Waals surface area contributed by atoms with Gasteiger partial charge in [0.15, 0.2) is 5.69 Å². The molecule has 8 nitrogen and oxygen atoms in total. The van der Waals surface area contributed by atoms with Crippen LogP contribution in [0.1, 0.15) is 12.6 Å². The number of pyridine rings is 2. The van der Waals surface area contributed by atoms with Gasteiger partial charge in [-0.05, 0) is 12.6 Å². The van der Waals surface area contributed by atoms with Gasteiger partial charge >= 0.3 is 0 Å². The van der Waals surface area contributed by atoms with Gasteiger partial charge in [-0.1, -0.05) is 6.92 Å². The van der Waals surface area contributed by atoms with E-state index in [-0.39, 0.29) is 0 Å². The van der Waals surface area contributed by atoms with Gasteiger partial charge in [-0.15, -0.1) is 0 Å². The molecule has 4 aromatic heterocycles. The van der Waals surface area contributed by atoms with Crippen molar-refractivity contribution in [1.29, 1.82) is 5.26 Å². The summed E-state index contributed by atoms with van der Waals surface area (Å²) < 4.78 is 1.78. The molecule has 0 saturated carbocycles. The summed E-state index contributed by atoms with van der Waals surface area (Å²) in [5.74, 6) is 0. The van der Waals surface area contributed by atoms with Crippen molar-refractivity contribution in [2.45, 2.75) is 6.92 Å². The van der Waals surface area contributed by atoms with Crippen LogP contribution in [0.4, 0.5) is 5.69 Å². The molecular formula is C21H22N8. The zero-order valence-corrected chi connectivity index (χ0v) is 16.6. The molecule has 0 amide bonds. The highest BCUT2D eigenvalue weighted by Crippen LogP contribution is 2.36. The van der Waals surface area contributed by atoms with Gasteiger partial charge < -0.3 is 14.8 Å². The van der Waals surface area contributed by atoms with E-state index in [4.69, 9.17) is 0 Å². The van der Waals surface area contributed by atoms with Crippen molar-refractivity contribution >= 4 is 27.6 Å². The van der Waals surface area contributed by atoms with Crippen LogP contribution in [0.3, 0.4) is 0 Å². The number of nitriles is 1. The van der Waals surface area contributed by atoms with E-state index < -0.39 is 0 Å². The number of aryl methyl sites for hydroxylation is 1. The molecule has 1 aliphatic rings. The Hall–Kier alpha value is -3.44. The molecule has 1 N–H and O–H groups in total. The lowest BCUT2D eigenvalue weighted by Gasteiger charge is -2.36. The first-order valence-electron chi connectivity index (χ1n) is 9.84. The highest BCUT2D eigenvalue weighted by Gasteiger charge is 2.24. The van der Waals surface area contributed by atoms with E-state index in [9.17, 15) is 5.26 Å². The van der Waals surface area contributed by atoms with Gasteiger partial charge in [-0.3, -0.25) is 4.68 Å². The topological polar surface area (TPSA) is 89.7 Å². The van der Waals surface area contributed by atoms with Crippen molar-refractivity contribution in [3.8, 4) is 17.2 Å². The summed E-state index contributed by atoms with van der Waals surface area (Å²) in [6.07, 6.45) is 7.41. The number of anilines is 1. The molecule has 146 valence electrons. The first-order chi connectivity index (χ1) is 14.2. The number of hydrogen-bond acceptors (Lipinski definition) is 6. The number of rotatable bonds is 3. The van der Waals surface area contributed by atoms with E-state index in [0.717, 1.165) is 71.5 Å². The first kappa shape index (κ1) is 17.6. The Morgan fingerprint density at radius 2 is 1.93 bits per heavy atom. The van der Waals surface area contributed by atoms with Gasteiger partial charge in [0.25, 0.3) is 0 Å². The largest absolute Gasteiger partial charge is 0.366 e. The number of piperazine rings is 1. The zero-order chi connectivity index (χ0) is 20.0. The lowest BCUT2D eigenvalue weighted by molar-refractivity contribution is 0.271. The van der Waals surface area contributed by atoms with E-state index in [0.29, 0.717) is 5.69 Å². The van der Waals surface area contributed by atoms with Crippen LogP contribution in [-0.2, 0) is 7.05 Å². The Morgan fingerprint density at radius 3 is 2.62 bits per heavy atom. The summed E-state index contributed by atoms with van der Waals surface area (Å²) in [5.41, 5.74) is 5.11. The van der Waals surface area contributed by atoms with Crippen LogP contribution < -0.4 is 4.90 Å². The van der Waals surface area contributed by atoms with Gasteiger partial charge in [0.2, 0.25) is 0 Å². The quantitative estimate of drug-likeness (QED) is 0.582. The minimum Gasteiger partial charge on any atom is -0.366 e. The fourth-order valence-corrected chi connectivity index (χ4v) is 4.16. The number of nitrogens with one attached hydrogen (secondary N) is 1. The molecule has 5 heterocycles. The summed E-state index contributed by atoms with van der Waals surface area (Å²) in [6.45, 7) is 6.97. The molecule has 0 spiro atoms. The van der Waals surface area contributed by atoms with Gasteiger partial charge in [-0.25, -0.2) is 9.97 Å². The molecule has 0 aromatic carbocycles. The Kier molecular flexibility index (Phi) is 4.18. The monoisotopic (exact) mass is 386 g/mol. The van der Waals surface area contributed by atoms with Crippen LogP contribution in [0.2, 0.25) is 0 Å². The molecule has 1 fully saturated rings. The van der Waals surface area contributed by atoms with Crippen molar-refractivity contribution in [3.05, 3.63) is 36.5 Å². The third-order valence-electron chi connectivity index (χ3n) is 5.74. The molecule has 0 bridgehead atoms. The maximum Gasteiger partial charge on any atom is 0.164 e. The normalized spacial score (nSPS) is 15.3. The molecule has 0 radical (unpaired) electrons. The van der Waals surface area contributed by atoms with Gasteiger partial charge in [-0.2, -0.15) is 10.4 Å². The van der Waals surface area contributed by atoms with E-state index in [2.05, 4.69) is 48.9 Å². The molecule has 5 rings (SSSR count). The number of likely N-dealkylation sites (N-methyl/N-ethyl adjacent to an activating group) is 1. The predicted octanol–water partition coefficient (Wildman–Crippen LogP) is 2.53. The maximum atomic E-state index is 9.77.